The van der Waals surface area contributed by atoms with Gasteiger partial charge in [-0.2, -0.15) is 0 Å². The maximum Gasteiger partial charge on any atom is 0.324 e. The van der Waals surface area contributed by atoms with E-state index >= 15 is 0 Å². The van der Waals surface area contributed by atoms with E-state index in [0.717, 1.165) is 54.8 Å². The third kappa shape index (κ3) is 3.33. The molecule has 0 bridgehead atoms. The van der Waals surface area contributed by atoms with Gasteiger partial charge in [-0.3, -0.25) is 9.80 Å². The molecule has 0 unspecified atom stereocenters. The number of benzene rings is 1. The van der Waals surface area contributed by atoms with Gasteiger partial charge in [0.25, 0.3) is 0 Å². The van der Waals surface area contributed by atoms with E-state index < -0.39 is 0 Å². The van der Waals surface area contributed by atoms with Crippen molar-refractivity contribution in [1.29, 1.82) is 0 Å². The maximum atomic E-state index is 12.2. The summed E-state index contributed by atoms with van der Waals surface area (Å²) in [7, 11) is 1.85. The summed E-state index contributed by atoms with van der Waals surface area (Å²) in [6, 6.07) is 9.24. The van der Waals surface area contributed by atoms with Gasteiger partial charge in [0, 0.05) is 61.8 Å². The molecule has 2 fully saturated rings. The van der Waals surface area contributed by atoms with E-state index in [1.807, 2.05) is 23.3 Å². The highest BCUT2D eigenvalue weighted by atomic mass is 32.1. The highest BCUT2D eigenvalue weighted by Crippen LogP contribution is 2.33. The molecule has 3 aliphatic rings. The number of thiazole rings is 1. The Balaban J connectivity index is 1.30. The van der Waals surface area contributed by atoms with Crippen molar-refractivity contribution in [3.05, 3.63) is 34.8 Å². The molecule has 0 radical (unpaired) electrons. The minimum atomic E-state index is 0.0838. The van der Waals surface area contributed by atoms with Crippen LogP contribution in [-0.2, 0) is 12.8 Å². The zero-order chi connectivity index (χ0) is 19.1. The Morgan fingerprint density at radius 1 is 1.00 bits per heavy atom. The Labute approximate surface area is 171 Å². The Hall–Kier alpha value is -1.92. The lowest BCUT2D eigenvalue weighted by Gasteiger charge is -2.26. The van der Waals surface area contributed by atoms with Crippen LogP contribution >= 0.6 is 11.3 Å². The van der Waals surface area contributed by atoms with Crippen LogP contribution in [0.4, 0.5) is 10.5 Å². The van der Waals surface area contributed by atoms with Gasteiger partial charge in [0.05, 0.1) is 5.69 Å². The third-order valence-corrected chi connectivity index (χ3v) is 7.73. The van der Waals surface area contributed by atoms with Crippen LogP contribution in [-0.4, -0.2) is 60.1 Å². The number of hydrogen-bond donors (Lipinski definition) is 0. The molecule has 1 saturated carbocycles. The summed E-state index contributed by atoms with van der Waals surface area (Å²) in [5.41, 5.74) is 3.44. The Morgan fingerprint density at radius 3 is 2.46 bits per heavy atom. The predicted octanol–water partition coefficient (Wildman–Crippen LogP) is 4.03. The Morgan fingerprint density at radius 2 is 1.75 bits per heavy atom. The van der Waals surface area contributed by atoms with Crippen LogP contribution < -0.4 is 4.90 Å². The van der Waals surface area contributed by atoms with E-state index in [9.17, 15) is 4.79 Å². The Bertz CT molecular complexity index is 830. The maximum absolute atomic E-state index is 12.2. The Kier molecular flexibility index (Phi) is 4.85. The van der Waals surface area contributed by atoms with Crippen molar-refractivity contribution >= 4 is 23.1 Å². The number of nitrogens with zero attached hydrogens (tertiary/aromatic N) is 4. The van der Waals surface area contributed by atoms with Crippen molar-refractivity contribution in [3.63, 3.8) is 0 Å². The first-order chi connectivity index (χ1) is 13.7. The van der Waals surface area contributed by atoms with Gasteiger partial charge in [-0.1, -0.05) is 12.8 Å². The van der Waals surface area contributed by atoms with Gasteiger partial charge in [-0.15, -0.1) is 11.3 Å². The average Bonchev–Trinajstić information content (AvgIpc) is 3.43. The van der Waals surface area contributed by atoms with Crippen LogP contribution in [0.5, 0.6) is 0 Å². The number of amides is 2. The second kappa shape index (κ2) is 7.48. The standard InChI is InChI=1S/C22H28N4OS/c1-24-14-15-26(22(24)27)18-8-6-16(7-9-18)21-23-19-10-12-25(13-11-20(19)28-21)17-4-2-3-5-17/h6-9,17H,2-5,10-15H2,1H3. The minimum Gasteiger partial charge on any atom is -0.326 e. The summed E-state index contributed by atoms with van der Waals surface area (Å²) in [6.45, 7) is 3.89. The number of hydrogen-bond acceptors (Lipinski definition) is 4. The quantitative estimate of drug-likeness (QED) is 0.787. The third-order valence-electron chi connectivity index (χ3n) is 6.52. The normalized spacial score (nSPS) is 21.4. The molecule has 2 aliphatic heterocycles. The summed E-state index contributed by atoms with van der Waals surface area (Å²) in [6.07, 6.45) is 7.79. The van der Waals surface area contributed by atoms with Crippen LogP contribution in [0.2, 0.25) is 0 Å². The molecule has 0 N–H and O–H groups in total. The van der Waals surface area contributed by atoms with E-state index in [-0.39, 0.29) is 6.03 Å². The van der Waals surface area contributed by atoms with E-state index in [1.165, 1.54) is 42.8 Å². The van der Waals surface area contributed by atoms with E-state index in [2.05, 4.69) is 29.2 Å². The molecule has 5 nitrogen and oxygen atoms in total. The monoisotopic (exact) mass is 396 g/mol. The molecule has 1 saturated heterocycles. The smallest absolute Gasteiger partial charge is 0.324 e. The summed E-state index contributed by atoms with van der Waals surface area (Å²) in [5, 5.41) is 1.12. The molecule has 1 aromatic heterocycles. The molecule has 6 heteroatoms. The topological polar surface area (TPSA) is 39.7 Å². The first-order valence-corrected chi connectivity index (χ1v) is 11.4. The van der Waals surface area contributed by atoms with E-state index in [1.54, 1.807) is 4.90 Å². The summed E-state index contributed by atoms with van der Waals surface area (Å²) in [4.78, 5) is 25.0. The molecule has 28 heavy (non-hydrogen) atoms. The SMILES string of the molecule is CN1CCN(c2ccc(-c3nc4c(s3)CCN(C3CCCC3)CC4)cc2)C1=O. The molecule has 0 spiro atoms. The fourth-order valence-electron chi connectivity index (χ4n) is 4.81. The molecule has 5 rings (SSSR count). The molecule has 2 aromatic rings. The molecule has 1 aromatic carbocycles. The van der Waals surface area contributed by atoms with Gasteiger partial charge >= 0.3 is 6.03 Å². The fourth-order valence-corrected chi connectivity index (χ4v) is 5.91. The van der Waals surface area contributed by atoms with Crippen molar-refractivity contribution in [3.8, 4) is 10.6 Å². The summed E-state index contributed by atoms with van der Waals surface area (Å²) in [5.74, 6) is 0. The summed E-state index contributed by atoms with van der Waals surface area (Å²) < 4.78 is 0. The van der Waals surface area contributed by atoms with E-state index in [0.29, 0.717) is 0 Å². The number of aromatic nitrogens is 1. The number of anilines is 1. The van der Waals surface area contributed by atoms with Crippen molar-refractivity contribution < 1.29 is 4.79 Å². The number of urea groups is 1. The highest BCUT2D eigenvalue weighted by molar-refractivity contribution is 7.15. The predicted molar refractivity (Wildman–Crippen MR) is 114 cm³/mol. The van der Waals surface area contributed by atoms with Crippen LogP contribution in [0.15, 0.2) is 24.3 Å². The lowest BCUT2D eigenvalue weighted by molar-refractivity contribution is 0.208. The molecule has 1 aliphatic carbocycles. The zero-order valence-electron chi connectivity index (χ0n) is 16.6. The zero-order valence-corrected chi connectivity index (χ0v) is 17.4. The average molecular weight is 397 g/mol. The first kappa shape index (κ1) is 18.1. The van der Waals surface area contributed by atoms with Crippen LogP contribution in [0.25, 0.3) is 10.6 Å². The second-order valence-electron chi connectivity index (χ2n) is 8.27. The molecular weight excluding hydrogens is 368 g/mol. The van der Waals surface area contributed by atoms with Gasteiger partial charge < -0.3 is 4.90 Å². The highest BCUT2D eigenvalue weighted by Gasteiger charge is 2.27. The van der Waals surface area contributed by atoms with Crippen LogP contribution in [0.3, 0.4) is 0 Å². The van der Waals surface area contributed by atoms with Gasteiger partial charge in [0.1, 0.15) is 5.01 Å². The number of rotatable bonds is 3. The van der Waals surface area contributed by atoms with Crippen LogP contribution in [0, 0.1) is 0 Å². The van der Waals surface area contributed by atoms with Gasteiger partial charge in [-0.25, -0.2) is 9.78 Å². The number of carbonyl (C=O) groups is 1. The lowest BCUT2D eigenvalue weighted by Crippen LogP contribution is -2.35. The molecule has 3 heterocycles. The van der Waals surface area contributed by atoms with Crippen molar-refractivity contribution in [2.75, 3.05) is 38.1 Å². The van der Waals surface area contributed by atoms with Gasteiger partial charge in [-0.05, 0) is 43.5 Å². The molecular formula is C22H28N4OS. The first-order valence-electron chi connectivity index (χ1n) is 10.5. The molecule has 2 amide bonds. The molecule has 0 atom stereocenters. The van der Waals surface area contributed by atoms with Gasteiger partial charge in [0.2, 0.25) is 0 Å². The van der Waals surface area contributed by atoms with E-state index in [4.69, 9.17) is 4.98 Å². The lowest BCUT2D eigenvalue weighted by atomic mass is 10.2. The molecule has 148 valence electrons. The van der Waals surface area contributed by atoms with Crippen molar-refractivity contribution in [2.24, 2.45) is 0 Å². The van der Waals surface area contributed by atoms with Crippen molar-refractivity contribution in [2.45, 2.75) is 44.6 Å². The van der Waals surface area contributed by atoms with Gasteiger partial charge in [0.15, 0.2) is 0 Å². The largest absolute Gasteiger partial charge is 0.326 e. The number of carbonyl (C=O) groups excluding carboxylic acids is 1. The second-order valence-corrected chi connectivity index (χ2v) is 9.35. The fraction of sp³-hybridized carbons (Fsp3) is 0.545. The van der Waals surface area contributed by atoms with Crippen molar-refractivity contribution in [1.82, 2.24) is 14.8 Å². The number of fused-ring (bicyclic) bond motifs is 1. The number of likely N-dealkylation sites (N-methyl/N-ethyl adjacent to an activating group) is 1. The summed E-state index contributed by atoms with van der Waals surface area (Å²) >= 11 is 1.86. The minimum absolute atomic E-state index is 0.0838. The van der Waals surface area contributed by atoms with Crippen LogP contribution in [0.1, 0.15) is 36.3 Å².